The van der Waals surface area contributed by atoms with E-state index >= 15 is 0 Å². The monoisotopic (exact) mass is 450 g/mol. The van der Waals surface area contributed by atoms with Gasteiger partial charge >= 0.3 is 5.69 Å². The van der Waals surface area contributed by atoms with Gasteiger partial charge in [0.2, 0.25) is 11.6 Å². The molecule has 4 rings (SSSR count). The normalized spacial score (nSPS) is 13.9. The number of anilines is 3. The lowest BCUT2D eigenvalue weighted by Gasteiger charge is -2.26. The molecule has 10 nitrogen and oxygen atoms in total. The van der Waals surface area contributed by atoms with E-state index in [-0.39, 0.29) is 17.3 Å². The van der Waals surface area contributed by atoms with Crippen molar-refractivity contribution in [2.75, 3.05) is 50.0 Å². The summed E-state index contributed by atoms with van der Waals surface area (Å²) < 4.78 is 11.1. The third-order valence-corrected chi connectivity index (χ3v) is 5.15. The van der Waals surface area contributed by atoms with E-state index in [0.717, 1.165) is 45.0 Å². The molecular formula is C23H26N6O4. The van der Waals surface area contributed by atoms with E-state index in [9.17, 15) is 10.1 Å². The van der Waals surface area contributed by atoms with Crippen LogP contribution < -0.4 is 15.4 Å². The number of nitro groups is 1. The van der Waals surface area contributed by atoms with Gasteiger partial charge in [-0.1, -0.05) is 18.2 Å². The molecule has 172 valence electrons. The van der Waals surface area contributed by atoms with Gasteiger partial charge < -0.3 is 20.1 Å². The smallest absolute Gasteiger partial charge is 0.353 e. The van der Waals surface area contributed by atoms with Crippen molar-refractivity contribution in [3.63, 3.8) is 0 Å². The number of aromatic nitrogens is 2. The molecule has 1 aliphatic rings. The van der Waals surface area contributed by atoms with Crippen LogP contribution in [0.25, 0.3) is 0 Å². The zero-order valence-electron chi connectivity index (χ0n) is 18.1. The van der Waals surface area contributed by atoms with E-state index in [1.165, 1.54) is 6.33 Å². The highest BCUT2D eigenvalue weighted by molar-refractivity contribution is 5.73. The van der Waals surface area contributed by atoms with Crippen molar-refractivity contribution >= 4 is 23.0 Å². The van der Waals surface area contributed by atoms with Crippen molar-refractivity contribution in [2.24, 2.45) is 0 Å². The summed E-state index contributed by atoms with van der Waals surface area (Å²) in [4.78, 5) is 21.8. The van der Waals surface area contributed by atoms with Crippen LogP contribution in [-0.2, 0) is 4.74 Å². The molecule has 2 aromatic carbocycles. The molecule has 0 aliphatic carbocycles. The Kier molecular flexibility index (Phi) is 7.62. The minimum Gasteiger partial charge on any atom is -0.457 e. The molecule has 1 aromatic heterocycles. The molecule has 3 aromatic rings. The van der Waals surface area contributed by atoms with Crippen LogP contribution in [-0.4, -0.2) is 59.2 Å². The highest BCUT2D eigenvalue weighted by Crippen LogP contribution is 2.32. The average Bonchev–Trinajstić information content (AvgIpc) is 2.84. The quantitative estimate of drug-likeness (QED) is 0.268. The molecule has 0 atom stereocenters. The predicted octanol–water partition coefficient (Wildman–Crippen LogP) is 4.05. The second kappa shape index (κ2) is 11.2. The fourth-order valence-corrected chi connectivity index (χ4v) is 3.47. The molecule has 0 radical (unpaired) electrons. The third kappa shape index (κ3) is 6.37. The van der Waals surface area contributed by atoms with Crippen molar-refractivity contribution in [2.45, 2.75) is 6.42 Å². The maximum atomic E-state index is 11.8. The number of para-hydroxylation sites is 1. The summed E-state index contributed by atoms with van der Waals surface area (Å²) in [5.74, 6) is 1.71. The second-order valence-corrected chi connectivity index (χ2v) is 7.48. The molecule has 0 bridgehead atoms. The molecule has 10 heteroatoms. The molecule has 2 heterocycles. The fourth-order valence-electron chi connectivity index (χ4n) is 3.47. The molecular weight excluding hydrogens is 424 g/mol. The first-order valence-corrected chi connectivity index (χ1v) is 10.8. The number of benzene rings is 2. The summed E-state index contributed by atoms with van der Waals surface area (Å²) in [6.45, 7) is 4.80. The summed E-state index contributed by atoms with van der Waals surface area (Å²) in [6.07, 6.45) is 2.15. The van der Waals surface area contributed by atoms with Crippen LogP contribution in [0.1, 0.15) is 6.42 Å². The van der Waals surface area contributed by atoms with Gasteiger partial charge in [-0.05, 0) is 49.4 Å². The van der Waals surface area contributed by atoms with Crippen molar-refractivity contribution < 1.29 is 14.4 Å². The third-order valence-electron chi connectivity index (χ3n) is 5.15. The molecule has 1 fully saturated rings. The van der Waals surface area contributed by atoms with E-state index in [1.807, 2.05) is 30.3 Å². The largest absolute Gasteiger partial charge is 0.457 e. The van der Waals surface area contributed by atoms with Crippen molar-refractivity contribution in [3.05, 3.63) is 71.0 Å². The molecule has 0 saturated carbocycles. The van der Waals surface area contributed by atoms with Crippen LogP contribution in [0.5, 0.6) is 11.5 Å². The standard InChI is InChI=1S/C23H26N6O4/c30-29(31)21-22(24-11-4-12-28-13-15-32-16-14-28)25-17-26-23(21)27-18-7-9-20(10-8-18)33-19-5-2-1-3-6-19/h1-3,5-10,17H,4,11-16H2,(H2,24,25,26,27). The number of ether oxygens (including phenoxy) is 2. The Labute approximate surface area is 191 Å². The van der Waals surface area contributed by atoms with Crippen LogP contribution >= 0.6 is 0 Å². The summed E-state index contributed by atoms with van der Waals surface area (Å²) in [5.41, 5.74) is 0.462. The second-order valence-electron chi connectivity index (χ2n) is 7.48. The van der Waals surface area contributed by atoms with Gasteiger partial charge in [0.15, 0.2) is 0 Å². The van der Waals surface area contributed by atoms with Gasteiger partial charge in [0.1, 0.15) is 17.8 Å². The maximum Gasteiger partial charge on any atom is 0.353 e. The lowest BCUT2D eigenvalue weighted by Crippen LogP contribution is -2.37. The zero-order valence-corrected chi connectivity index (χ0v) is 18.1. The highest BCUT2D eigenvalue weighted by Gasteiger charge is 2.23. The molecule has 2 N–H and O–H groups in total. The van der Waals surface area contributed by atoms with E-state index in [2.05, 4.69) is 25.5 Å². The SMILES string of the molecule is O=[N+]([O-])c1c(NCCCN2CCOCC2)ncnc1Nc1ccc(Oc2ccccc2)cc1. The topological polar surface area (TPSA) is 115 Å². The van der Waals surface area contributed by atoms with Crippen molar-refractivity contribution in [1.82, 2.24) is 14.9 Å². The van der Waals surface area contributed by atoms with E-state index in [1.54, 1.807) is 24.3 Å². The predicted molar refractivity (Wildman–Crippen MR) is 125 cm³/mol. The summed E-state index contributed by atoms with van der Waals surface area (Å²) in [6, 6.07) is 16.6. The Morgan fingerprint density at radius 1 is 1.00 bits per heavy atom. The van der Waals surface area contributed by atoms with E-state index in [4.69, 9.17) is 9.47 Å². The molecule has 0 spiro atoms. The van der Waals surface area contributed by atoms with Gasteiger partial charge in [-0.3, -0.25) is 15.0 Å². The van der Waals surface area contributed by atoms with Crippen LogP contribution in [0.4, 0.5) is 23.0 Å². The number of rotatable bonds is 10. The summed E-state index contributed by atoms with van der Waals surface area (Å²) >= 11 is 0. The lowest BCUT2D eigenvalue weighted by atomic mass is 10.3. The van der Waals surface area contributed by atoms with Gasteiger partial charge in [-0.2, -0.15) is 0 Å². The zero-order chi connectivity index (χ0) is 22.9. The van der Waals surface area contributed by atoms with E-state index in [0.29, 0.717) is 18.0 Å². The van der Waals surface area contributed by atoms with Crippen LogP contribution in [0, 0.1) is 10.1 Å². The minimum absolute atomic E-state index is 0.127. The Balaban J connectivity index is 1.38. The van der Waals surface area contributed by atoms with Crippen molar-refractivity contribution in [3.8, 4) is 11.5 Å². The van der Waals surface area contributed by atoms with Gasteiger partial charge in [-0.25, -0.2) is 9.97 Å². The Morgan fingerprint density at radius 3 is 2.42 bits per heavy atom. The highest BCUT2D eigenvalue weighted by atomic mass is 16.6. The first kappa shape index (κ1) is 22.4. The Morgan fingerprint density at radius 2 is 1.70 bits per heavy atom. The van der Waals surface area contributed by atoms with Gasteiger partial charge in [0.05, 0.1) is 18.1 Å². The van der Waals surface area contributed by atoms with Crippen LogP contribution in [0.3, 0.4) is 0 Å². The average molecular weight is 450 g/mol. The molecule has 33 heavy (non-hydrogen) atoms. The van der Waals surface area contributed by atoms with Gasteiger partial charge in [0, 0.05) is 25.3 Å². The maximum absolute atomic E-state index is 11.8. The number of nitrogens with zero attached hydrogens (tertiary/aromatic N) is 4. The number of hydrogen-bond acceptors (Lipinski definition) is 9. The van der Waals surface area contributed by atoms with Crippen molar-refractivity contribution in [1.29, 1.82) is 0 Å². The van der Waals surface area contributed by atoms with Gasteiger partial charge in [-0.15, -0.1) is 0 Å². The Hall–Kier alpha value is -3.76. The lowest BCUT2D eigenvalue weighted by molar-refractivity contribution is -0.383. The number of hydrogen-bond donors (Lipinski definition) is 2. The molecule has 1 saturated heterocycles. The number of nitrogens with one attached hydrogen (secondary N) is 2. The first-order valence-electron chi connectivity index (χ1n) is 10.8. The number of morpholine rings is 1. The van der Waals surface area contributed by atoms with E-state index < -0.39 is 4.92 Å². The van der Waals surface area contributed by atoms with Gasteiger partial charge in [0.25, 0.3) is 0 Å². The first-order chi connectivity index (χ1) is 16.2. The summed E-state index contributed by atoms with van der Waals surface area (Å²) in [7, 11) is 0. The molecule has 1 aliphatic heterocycles. The Bertz CT molecular complexity index is 1040. The minimum atomic E-state index is -0.473. The summed E-state index contributed by atoms with van der Waals surface area (Å²) in [5, 5.41) is 17.9. The van der Waals surface area contributed by atoms with Crippen LogP contribution in [0.2, 0.25) is 0 Å². The fraction of sp³-hybridized carbons (Fsp3) is 0.304. The van der Waals surface area contributed by atoms with Crippen LogP contribution in [0.15, 0.2) is 60.9 Å². The molecule has 0 unspecified atom stereocenters. The molecule has 0 amide bonds.